The molecule has 0 spiro atoms. The van der Waals surface area contributed by atoms with E-state index in [9.17, 15) is 4.79 Å². The van der Waals surface area contributed by atoms with Crippen molar-refractivity contribution in [1.82, 2.24) is 19.6 Å². The second-order valence-electron chi connectivity index (χ2n) is 6.02. The van der Waals surface area contributed by atoms with Crippen molar-refractivity contribution in [3.8, 4) is 11.3 Å². The maximum atomic E-state index is 11.6. The van der Waals surface area contributed by atoms with Gasteiger partial charge in [0, 0.05) is 43.2 Å². The van der Waals surface area contributed by atoms with E-state index in [-0.39, 0.29) is 11.8 Å². The Kier molecular flexibility index (Phi) is 3.60. The summed E-state index contributed by atoms with van der Waals surface area (Å²) in [5, 5.41) is 4.38. The van der Waals surface area contributed by atoms with Gasteiger partial charge in [-0.05, 0) is 25.0 Å². The van der Waals surface area contributed by atoms with E-state index in [0.717, 1.165) is 42.1 Å². The average Bonchev–Trinajstić information content (AvgIpc) is 3.10. The third-order valence-electron chi connectivity index (χ3n) is 4.46. The molecular weight excluding hydrogens is 304 g/mol. The molecule has 1 fully saturated rings. The van der Waals surface area contributed by atoms with E-state index in [0.29, 0.717) is 6.54 Å². The number of hydrogen-bond donors (Lipinski definition) is 1. The lowest BCUT2D eigenvalue weighted by Crippen LogP contribution is -2.42. The van der Waals surface area contributed by atoms with Crippen molar-refractivity contribution in [1.29, 1.82) is 0 Å². The molecule has 3 aromatic heterocycles. The summed E-state index contributed by atoms with van der Waals surface area (Å²) in [4.78, 5) is 22.5. The van der Waals surface area contributed by atoms with Crippen LogP contribution in [0.15, 0.2) is 42.9 Å². The Morgan fingerprint density at radius 2 is 2.04 bits per heavy atom. The van der Waals surface area contributed by atoms with Crippen LogP contribution in [0, 0.1) is 5.92 Å². The zero-order valence-corrected chi connectivity index (χ0v) is 13.2. The van der Waals surface area contributed by atoms with Gasteiger partial charge in [0.05, 0.1) is 17.8 Å². The minimum Gasteiger partial charge on any atom is -0.369 e. The highest BCUT2D eigenvalue weighted by molar-refractivity contribution is 5.77. The van der Waals surface area contributed by atoms with E-state index in [2.05, 4.69) is 20.0 Å². The normalized spacial score (nSPS) is 18.0. The first kappa shape index (κ1) is 14.6. The molecule has 0 aliphatic carbocycles. The smallest absolute Gasteiger partial charge is 0.222 e. The van der Waals surface area contributed by atoms with E-state index < -0.39 is 0 Å². The molecule has 122 valence electrons. The molecule has 3 aromatic rings. The second-order valence-corrected chi connectivity index (χ2v) is 6.02. The Morgan fingerprint density at radius 1 is 1.21 bits per heavy atom. The molecule has 1 amide bonds. The van der Waals surface area contributed by atoms with Crippen LogP contribution >= 0.6 is 0 Å². The summed E-state index contributed by atoms with van der Waals surface area (Å²) in [6.07, 6.45) is 7.01. The maximum absolute atomic E-state index is 11.6. The van der Waals surface area contributed by atoms with Crippen LogP contribution in [-0.4, -0.2) is 38.6 Å². The molecule has 0 aromatic carbocycles. The van der Waals surface area contributed by atoms with E-state index in [1.165, 1.54) is 0 Å². The number of hydrogen-bond acceptors (Lipinski definition) is 5. The van der Waals surface area contributed by atoms with Crippen molar-refractivity contribution >= 4 is 17.4 Å². The summed E-state index contributed by atoms with van der Waals surface area (Å²) < 4.78 is 1.81. The SMILES string of the molecule is NC(=O)C1CCCN(c2cc(-c3ccncc3)nc3ccnn23)C1. The molecule has 24 heavy (non-hydrogen) atoms. The van der Waals surface area contributed by atoms with Crippen LogP contribution in [0.5, 0.6) is 0 Å². The van der Waals surface area contributed by atoms with Crippen LogP contribution in [0.4, 0.5) is 5.82 Å². The summed E-state index contributed by atoms with van der Waals surface area (Å²) in [5.41, 5.74) is 8.15. The molecule has 2 N–H and O–H groups in total. The summed E-state index contributed by atoms with van der Waals surface area (Å²) in [7, 11) is 0. The first-order valence-corrected chi connectivity index (χ1v) is 8.02. The van der Waals surface area contributed by atoms with Gasteiger partial charge in [0.25, 0.3) is 0 Å². The molecule has 4 rings (SSSR count). The molecule has 4 heterocycles. The van der Waals surface area contributed by atoms with Gasteiger partial charge in [0.1, 0.15) is 5.82 Å². The van der Waals surface area contributed by atoms with Crippen LogP contribution in [0.25, 0.3) is 16.9 Å². The Balaban J connectivity index is 1.79. The minimum atomic E-state index is -0.236. The fourth-order valence-corrected chi connectivity index (χ4v) is 3.21. The summed E-state index contributed by atoms with van der Waals surface area (Å²) in [6.45, 7) is 1.49. The quantitative estimate of drug-likeness (QED) is 0.789. The van der Waals surface area contributed by atoms with E-state index in [4.69, 9.17) is 5.73 Å². The number of carbonyl (C=O) groups is 1. The van der Waals surface area contributed by atoms with Crippen molar-refractivity contribution in [2.45, 2.75) is 12.8 Å². The summed E-state index contributed by atoms with van der Waals surface area (Å²) in [5.74, 6) is 0.574. The number of piperidine rings is 1. The average molecular weight is 322 g/mol. The van der Waals surface area contributed by atoms with Gasteiger partial charge in [-0.25, -0.2) is 4.98 Å². The zero-order chi connectivity index (χ0) is 16.5. The van der Waals surface area contributed by atoms with Gasteiger partial charge in [-0.1, -0.05) is 0 Å². The predicted molar refractivity (Wildman–Crippen MR) is 90.3 cm³/mol. The van der Waals surface area contributed by atoms with Crippen LogP contribution in [0.1, 0.15) is 12.8 Å². The first-order chi connectivity index (χ1) is 11.7. The van der Waals surface area contributed by atoms with E-state index in [1.807, 2.05) is 28.8 Å². The number of nitrogens with two attached hydrogens (primary N) is 1. The number of aromatic nitrogens is 4. The Bertz CT molecular complexity index is 875. The molecule has 1 saturated heterocycles. The number of anilines is 1. The third kappa shape index (κ3) is 2.58. The highest BCUT2D eigenvalue weighted by Crippen LogP contribution is 2.27. The van der Waals surface area contributed by atoms with Gasteiger partial charge < -0.3 is 10.6 Å². The molecule has 1 aliphatic heterocycles. The predicted octanol–water partition coefficient (Wildman–Crippen LogP) is 1.49. The Morgan fingerprint density at radius 3 is 2.83 bits per heavy atom. The lowest BCUT2D eigenvalue weighted by Gasteiger charge is -2.33. The second kappa shape index (κ2) is 5.92. The first-order valence-electron chi connectivity index (χ1n) is 8.02. The fourth-order valence-electron chi connectivity index (χ4n) is 3.21. The molecule has 1 atom stereocenters. The van der Waals surface area contributed by atoms with Crippen molar-refractivity contribution in [2.24, 2.45) is 11.7 Å². The van der Waals surface area contributed by atoms with Crippen molar-refractivity contribution < 1.29 is 4.79 Å². The molecular formula is C17H18N6O. The Hall–Kier alpha value is -2.96. The Labute approximate surface area is 139 Å². The highest BCUT2D eigenvalue weighted by Gasteiger charge is 2.26. The van der Waals surface area contributed by atoms with Gasteiger partial charge in [0.15, 0.2) is 5.65 Å². The van der Waals surface area contributed by atoms with Crippen LogP contribution in [-0.2, 0) is 4.79 Å². The largest absolute Gasteiger partial charge is 0.369 e. The molecule has 1 aliphatic rings. The monoisotopic (exact) mass is 322 g/mol. The summed E-state index contributed by atoms with van der Waals surface area (Å²) in [6, 6.07) is 7.76. The van der Waals surface area contributed by atoms with Gasteiger partial charge in [-0.15, -0.1) is 0 Å². The van der Waals surface area contributed by atoms with Gasteiger partial charge >= 0.3 is 0 Å². The van der Waals surface area contributed by atoms with Gasteiger partial charge in [0.2, 0.25) is 5.91 Å². The van der Waals surface area contributed by atoms with E-state index >= 15 is 0 Å². The number of pyridine rings is 1. The molecule has 7 nitrogen and oxygen atoms in total. The van der Waals surface area contributed by atoms with Crippen LogP contribution in [0.2, 0.25) is 0 Å². The van der Waals surface area contributed by atoms with Gasteiger partial charge in [-0.2, -0.15) is 9.61 Å². The standard InChI is InChI=1S/C17H18N6O/c18-17(24)13-2-1-9-22(11-13)16-10-14(12-3-6-19-7-4-12)21-15-5-8-20-23(15)16/h3-8,10,13H,1-2,9,11H2,(H2,18,24). The fraction of sp³-hybridized carbons (Fsp3) is 0.294. The number of primary amides is 1. The number of carbonyl (C=O) groups excluding carboxylic acids is 1. The number of amides is 1. The molecule has 1 unspecified atom stereocenters. The molecule has 0 saturated carbocycles. The van der Waals surface area contributed by atoms with Crippen LogP contribution in [0.3, 0.4) is 0 Å². The molecule has 0 radical (unpaired) electrons. The van der Waals surface area contributed by atoms with Crippen molar-refractivity contribution in [3.63, 3.8) is 0 Å². The van der Waals surface area contributed by atoms with Gasteiger partial charge in [-0.3, -0.25) is 9.78 Å². The lowest BCUT2D eigenvalue weighted by molar-refractivity contribution is -0.122. The van der Waals surface area contributed by atoms with Crippen LogP contribution < -0.4 is 10.6 Å². The highest BCUT2D eigenvalue weighted by atomic mass is 16.1. The topological polar surface area (TPSA) is 89.4 Å². The number of fused-ring (bicyclic) bond motifs is 1. The van der Waals surface area contributed by atoms with Crippen molar-refractivity contribution in [3.05, 3.63) is 42.9 Å². The summed E-state index contributed by atoms with van der Waals surface area (Å²) >= 11 is 0. The maximum Gasteiger partial charge on any atom is 0.222 e. The van der Waals surface area contributed by atoms with E-state index in [1.54, 1.807) is 18.6 Å². The van der Waals surface area contributed by atoms with Crippen molar-refractivity contribution in [2.75, 3.05) is 18.0 Å². The number of rotatable bonds is 3. The number of nitrogens with zero attached hydrogens (tertiary/aromatic N) is 5. The zero-order valence-electron chi connectivity index (χ0n) is 13.2. The minimum absolute atomic E-state index is 0.123. The third-order valence-corrected chi connectivity index (χ3v) is 4.46. The molecule has 7 heteroatoms. The molecule has 0 bridgehead atoms. The lowest BCUT2D eigenvalue weighted by atomic mass is 9.97.